The fourth-order valence-electron chi connectivity index (χ4n) is 2.89. The summed E-state index contributed by atoms with van der Waals surface area (Å²) in [6.45, 7) is 0.0887. The van der Waals surface area contributed by atoms with Crippen LogP contribution in [0.15, 0.2) is 27.3 Å². The molecule has 0 radical (unpaired) electrons. The second-order valence-electron chi connectivity index (χ2n) is 5.88. The van der Waals surface area contributed by atoms with Gasteiger partial charge in [-0.25, -0.2) is 18.5 Å². The summed E-state index contributed by atoms with van der Waals surface area (Å²) >= 11 is 7.81. The van der Waals surface area contributed by atoms with E-state index >= 15 is 0 Å². The normalized spacial score (nSPS) is 18.6. The zero-order valence-corrected chi connectivity index (χ0v) is 17.1. The number of rotatable bonds is 4. The maximum absolute atomic E-state index is 12.9. The summed E-state index contributed by atoms with van der Waals surface area (Å²) in [5.74, 6) is -1.27. The Morgan fingerprint density at radius 2 is 2.11 bits per heavy atom. The summed E-state index contributed by atoms with van der Waals surface area (Å²) in [7, 11) is -3.99. The highest BCUT2D eigenvalue weighted by Crippen LogP contribution is 2.32. The molecule has 4 heterocycles. The monoisotopic (exact) mass is 461 g/mol. The van der Waals surface area contributed by atoms with Crippen molar-refractivity contribution in [3.8, 4) is 0 Å². The lowest BCUT2D eigenvalue weighted by molar-refractivity contribution is -0.141. The molecule has 3 aromatic heterocycles. The molecular formula is C14H12ClN5O5S3. The van der Waals surface area contributed by atoms with Crippen LogP contribution in [0, 0.1) is 0 Å². The number of carboxylic acid groups (broad SMARTS) is 1. The zero-order valence-electron chi connectivity index (χ0n) is 13.9. The molecule has 2 N–H and O–H groups in total. The Hall–Kier alpha value is -2.06. The Kier molecular flexibility index (Phi) is 4.87. The molecule has 0 aliphatic carbocycles. The molecule has 4 rings (SSSR count). The minimum Gasteiger partial charge on any atom is -0.480 e. The highest BCUT2D eigenvalue weighted by Gasteiger charge is 2.41. The number of hydrogen-bond acceptors (Lipinski definition) is 9. The van der Waals surface area contributed by atoms with Crippen LogP contribution in [0.25, 0.3) is 10.2 Å². The molecule has 0 saturated carbocycles. The highest BCUT2D eigenvalue weighted by molar-refractivity contribution is 7.91. The van der Waals surface area contributed by atoms with E-state index < -0.39 is 22.0 Å². The number of halogens is 1. The van der Waals surface area contributed by atoms with Crippen LogP contribution in [0.3, 0.4) is 0 Å². The van der Waals surface area contributed by atoms with E-state index in [1.807, 2.05) is 0 Å². The minimum absolute atomic E-state index is 0.00482. The quantitative estimate of drug-likeness (QED) is 0.588. The summed E-state index contributed by atoms with van der Waals surface area (Å²) in [6, 6.07) is 1.51. The number of hydrogen-bond donors (Lipinski definition) is 2. The van der Waals surface area contributed by atoms with Gasteiger partial charge in [0.2, 0.25) is 0 Å². The van der Waals surface area contributed by atoms with Gasteiger partial charge < -0.3 is 10.0 Å². The minimum atomic E-state index is -3.99. The molecule has 148 valence electrons. The first-order valence-corrected chi connectivity index (χ1v) is 11.3. The number of aromatic nitrogens is 3. The number of anilines is 1. The van der Waals surface area contributed by atoms with Gasteiger partial charge in [-0.15, -0.1) is 11.3 Å². The molecule has 1 atom stereocenters. The molecule has 0 amide bonds. The Morgan fingerprint density at radius 3 is 2.75 bits per heavy atom. The summed E-state index contributed by atoms with van der Waals surface area (Å²) in [6.07, 6.45) is 1.41. The van der Waals surface area contributed by atoms with Gasteiger partial charge in [0, 0.05) is 19.6 Å². The number of carboxylic acids is 1. The smallest absolute Gasteiger partial charge is 0.323 e. The molecule has 1 saturated heterocycles. The Bertz CT molecular complexity index is 1220. The molecule has 0 bridgehead atoms. The summed E-state index contributed by atoms with van der Waals surface area (Å²) in [5, 5.41) is 16.1. The van der Waals surface area contributed by atoms with Crippen molar-refractivity contribution in [2.75, 3.05) is 24.5 Å². The predicted octanol–water partition coefficient (Wildman–Crippen LogP) is 1.06. The molecule has 28 heavy (non-hydrogen) atoms. The number of carbonyl (C=O) groups is 1. The molecule has 3 aromatic rings. The third-order valence-electron chi connectivity index (χ3n) is 4.20. The zero-order chi connectivity index (χ0) is 20.1. The Morgan fingerprint density at radius 1 is 1.32 bits per heavy atom. The number of nitrogens with zero attached hydrogens (tertiary/aromatic N) is 4. The maximum Gasteiger partial charge on any atom is 0.323 e. The summed E-state index contributed by atoms with van der Waals surface area (Å²) in [4.78, 5) is 29.6. The lowest BCUT2D eigenvalue weighted by Gasteiger charge is -2.37. The van der Waals surface area contributed by atoms with Crippen LogP contribution in [0.5, 0.6) is 0 Å². The van der Waals surface area contributed by atoms with E-state index in [9.17, 15) is 23.1 Å². The highest BCUT2D eigenvalue weighted by atomic mass is 35.5. The van der Waals surface area contributed by atoms with Crippen LogP contribution >= 0.6 is 34.3 Å². The number of H-pyrrole nitrogens is 1. The molecule has 0 unspecified atom stereocenters. The maximum atomic E-state index is 12.9. The van der Waals surface area contributed by atoms with E-state index in [1.165, 1.54) is 18.3 Å². The van der Waals surface area contributed by atoms with Crippen LogP contribution in [0.2, 0.25) is 4.34 Å². The second kappa shape index (κ2) is 7.08. The van der Waals surface area contributed by atoms with Crippen LogP contribution in [0.4, 0.5) is 5.13 Å². The lowest BCUT2D eigenvalue weighted by Crippen LogP contribution is -2.58. The first-order valence-electron chi connectivity index (χ1n) is 7.86. The molecule has 1 aliphatic heterocycles. The number of nitrogens with one attached hydrogen (secondary N) is 1. The van der Waals surface area contributed by atoms with Gasteiger partial charge >= 0.3 is 5.97 Å². The first-order chi connectivity index (χ1) is 13.3. The fourth-order valence-corrected chi connectivity index (χ4v) is 7.03. The van der Waals surface area contributed by atoms with Gasteiger partial charge in [0.1, 0.15) is 20.5 Å². The van der Waals surface area contributed by atoms with E-state index in [1.54, 1.807) is 4.90 Å². The molecule has 0 aromatic carbocycles. The standard InChI is InChI=1S/C14H12ClN5O5S3/c15-9-1-2-10(26-9)28(24,25)20-4-3-19(6-8(20)13(22)23)14-17-7-5-16-18-12(21)11(7)27-14/h1-2,5,8H,3-4,6H2,(H,18,21)(H,22,23)/t8-/m1/s1. The summed E-state index contributed by atoms with van der Waals surface area (Å²) in [5.41, 5.74) is 0.0192. The van der Waals surface area contributed by atoms with Gasteiger partial charge in [-0.05, 0) is 12.1 Å². The van der Waals surface area contributed by atoms with Crippen molar-refractivity contribution < 1.29 is 18.3 Å². The van der Waals surface area contributed by atoms with Gasteiger partial charge in [0.15, 0.2) is 5.13 Å². The second-order valence-corrected chi connectivity index (χ2v) is 10.7. The van der Waals surface area contributed by atoms with Crippen molar-refractivity contribution in [2.24, 2.45) is 0 Å². The van der Waals surface area contributed by atoms with Gasteiger partial charge in [0.05, 0.1) is 10.5 Å². The molecule has 1 aliphatic rings. The van der Waals surface area contributed by atoms with Crippen molar-refractivity contribution in [3.05, 3.63) is 33.0 Å². The molecule has 1 fully saturated rings. The third-order valence-corrected chi connectivity index (χ3v) is 8.94. The van der Waals surface area contributed by atoms with Crippen molar-refractivity contribution in [2.45, 2.75) is 10.3 Å². The Balaban J connectivity index is 1.65. The van der Waals surface area contributed by atoms with Crippen LogP contribution in [-0.2, 0) is 14.8 Å². The average Bonchev–Trinajstić information content (AvgIpc) is 3.28. The number of aliphatic carboxylic acids is 1. The fraction of sp³-hybridized carbons (Fsp3) is 0.286. The Labute approximate surface area is 171 Å². The number of fused-ring (bicyclic) bond motifs is 1. The average molecular weight is 462 g/mol. The van der Waals surface area contributed by atoms with Gasteiger partial charge in [-0.2, -0.15) is 9.40 Å². The largest absolute Gasteiger partial charge is 0.480 e. The van der Waals surface area contributed by atoms with Gasteiger partial charge in [-0.3, -0.25) is 9.59 Å². The lowest BCUT2D eigenvalue weighted by atomic mass is 10.2. The van der Waals surface area contributed by atoms with Crippen LogP contribution < -0.4 is 10.5 Å². The number of piperazine rings is 1. The van der Waals surface area contributed by atoms with Gasteiger partial charge in [-0.1, -0.05) is 22.9 Å². The number of sulfonamides is 1. The van der Waals surface area contributed by atoms with E-state index in [4.69, 9.17) is 11.6 Å². The summed E-state index contributed by atoms with van der Waals surface area (Å²) < 4.78 is 27.4. The van der Waals surface area contributed by atoms with E-state index in [2.05, 4.69) is 15.2 Å². The number of thiazole rings is 1. The van der Waals surface area contributed by atoms with E-state index in [-0.39, 0.29) is 29.4 Å². The topological polar surface area (TPSA) is 137 Å². The molecule has 0 spiro atoms. The number of thiophene rings is 1. The first kappa shape index (κ1) is 19.3. The van der Waals surface area contributed by atoms with Crippen molar-refractivity contribution in [3.63, 3.8) is 0 Å². The van der Waals surface area contributed by atoms with Crippen molar-refractivity contribution >= 4 is 65.6 Å². The van der Waals surface area contributed by atoms with E-state index in [0.717, 1.165) is 27.0 Å². The number of aromatic amines is 1. The molecule has 10 nitrogen and oxygen atoms in total. The van der Waals surface area contributed by atoms with Gasteiger partial charge in [0.25, 0.3) is 15.6 Å². The SMILES string of the molecule is O=C(O)[C@H]1CN(c2nc3cn[nH]c(=O)c3s2)CCN1S(=O)(=O)c1ccc(Cl)s1. The van der Waals surface area contributed by atoms with E-state index in [0.29, 0.717) is 19.7 Å². The van der Waals surface area contributed by atoms with Crippen LogP contribution in [0.1, 0.15) is 0 Å². The molecule has 14 heteroatoms. The van der Waals surface area contributed by atoms with Crippen molar-refractivity contribution in [1.29, 1.82) is 0 Å². The third kappa shape index (κ3) is 3.28. The van der Waals surface area contributed by atoms with Crippen LogP contribution in [-0.4, -0.2) is 64.7 Å². The molecular weight excluding hydrogens is 450 g/mol. The predicted molar refractivity (Wildman–Crippen MR) is 105 cm³/mol. The van der Waals surface area contributed by atoms with Crippen molar-refractivity contribution in [1.82, 2.24) is 19.5 Å².